The molecule has 1 saturated heterocycles. The highest BCUT2D eigenvalue weighted by molar-refractivity contribution is 6.40. The summed E-state index contributed by atoms with van der Waals surface area (Å²) in [6, 6.07) is 6.77. The average Bonchev–Trinajstić information content (AvgIpc) is 2.94. The quantitative estimate of drug-likeness (QED) is 0.384. The maximum absolute atomic E-state index is 12.3. The van der Waals surface area contributed by atoms with Gasteiger partial charge in [0, 0.05) is 29.6 Å². The Morgan fingerprint density at radius 1 is 1.31 bits per heavy atom. The van der Waals surface area contributed by atoms with Crippen LogP contribution >= 0.6 is 24.0 Å². The van der Waals surface area contributed by atoms with Crippen molar-refractivity contribution in [3.63, 3.8) is 0 Å². The van der Waals surface area contributed by atoms with E-state index in [1.807, 2.05) is 0 Å². The molecule has 2 rings (SSSR count). The smallest absolute Gasteiger partial charge is 0.451 e. The molecule has 0 saturated carbocycles. The van der Waals surface area contributed by atoms with Gasteiger partial charge in [0.1, 0.15) is 5.54 Å². The molecule has 2 unspecified atom stereocenters. The standard InChI is InChI=1S/C16H22BClN2O5.ClH/c18-12-3-5-13(6-4-12)20-10-11(9-14(20)21)16(19,15(22)23)7-1-2-8-17(24)25;/h3-6,11,24-25H,1-2,7-10,19H2,(H,22,23);1H. The topological polar surface area (TPSA) is 124 Å². The summed E-state index contributed by atoms with van der Waals surface area (Å²) in [5.74, 6) is -1.84. The molecule has 1 aliphatic rings. The molecular formula is C16H23BCl2N2O5. The van der Waals surface area contributed by atoms with Crippen LogP contribution in [0.1, 0.15) is 25.7 Å². The number of rotatable bonds is 8. The van der Waals surface area contributed by atoms with Gasteiger partial charge in [0.05, 0.1) is 0 Å². The first kappa shape index (κ1) is 22.7. The van der Waals surface area contributed by atoms with Crippen molar-refractivity contribution in [1.82, 2.24) is 0 Å². The molecule has 1 aromatic rings. The summed E-state index contributed by atoms with van der Waals surface area (Å²) >= 11 is 5.85. The van der Waals surface area contributed by atoms with Gasteiger partial charge in [-0.3, -0.25) is 9.59 Å². The second-order valence-corrected chi connectivity index (χ2v) is 6.89. The van der Waals surface area contributed by atoms with Crippen LogP contribution in [0.3, 0.4) is 0 Å². The highest BCUT2D eigenvalue weighted by atomic mass is 35.5. The number of amides is 1. The monoisotopic (exact) mass is 404 g/mol. The molecule has 0 aromatic heterocycles. The number of carboxylic acid groups (broad SMARTS) is 1. The predicted octanol–water partition coefficient (Wildman–Crippen LogP) is 1.54. The Labute approximate surface area is 163 Å². The molecule has 1 fully saturated rings. The molecule has 1 amide bonds. The Bertz CT molecular complexity index is 632. The number of nitrogens with zero attached hydrogens (tertiary/aromatic N) is 1. The number of aliphatic carboxylic acids is 1. The number of carbonyl (C=O) groups excluding carboxylic acids is 1. The van der Waals surface area contributed by atoms with Crippen molar-refractivity contribution in [3.05, 3.63) is 29.3 Å². The van der Waals surface area contributed by atoms with Crippen LogP contribution < -0.4 is 10.6 Å². The Balaban J connectivity index is 0.00000338. The Hall–Kier alpha value is -1.32. The molecule has 0 spiro atoms. The molecule has 0 aliphatic carbocycles. The third-order valence-electron chi connectivity index (χ3n) is 4.69. The summed E-state index contributed by atoms with van der Waals surface area (Å²) in [5, 5.41) is 27.9. The van der Waals surface area contributed by atoms with Crippen molar-refractivity contribution >= 4 is 48.7 Å². The lowest BCUT2D eigenvalue weighted by Crippen LogP contribution is -2.55. The molecule has 10 heteroatoms. The number of hydrogen-bond donors (Lipinski definition) is 4. The zero-order chi connectivity index (χ0) is 18.6. The SMILES string of the molecule is Cl.NC(CCCCB(O)O)(C(=O)O)C1CC(=O)N(c2ccc(Cl)cc2)C1. The second-order valence-electron chi connectivity index (χ2n) is 6.45. The molecule has 5 N–H and O–H groups in total. The van der Waals surface area contributed by atoms with E-state index in [-0.39, 0.29) is 44.0 Å². The number of benzene rings is 1. The van der Waals surface area contributed by atoms with Crippen LogP contribution in [0.2, 0.25) is 11.3 Å². The number of unbranched alkanes of at least 4 members (excludes halogenated alkanes) is 1. The maximum Gasteiger partial charge on any atom is 0.451 e. The normalized spacial score (nSPS) is 19.0. The van der Waals surface area contributed by atoms with E-state index in [0.717, 1.165) is 0 Å². The molecule has 26 heavy (non-hydrogen) atoms. The van der Waals surface area contributed by atoms with Gasteiger partial charge in [0.15, 0.2) is 0 Å². The molecule has 0 radical (unpaired) electrons. The fourth-order valence-electron chi connectivity index (χ4n) is 3.15. The molecule has 7 nitrogen and oxygen atoms in total. The first-order valence-electron chi connectivity index (χ1n) is 8.18. The van der Waals surface area contributed by atoms with Gasteiger partial charge in [-0.25, -0.2) is 0 Å². The van der Waals surface area contributed by atoms with Gasteiger partial charge in [-0.15, -0.1) is 12.4 Å². The zero-order valence-corrected chi connectivity index (χ0v) is 15.7. The van der Waals surface area contributed by atoms with Crippen LogP contribution in [0.15, 0.2) is 24.3 Å². The van der Waals surface area contributed by atoms with E-state index in [1.165, 1.54) is 4.90 Å². The molecule has 1 heterocycles. The minimum absolute atomic E-state index is 0. The average molecular weight is 405 g/mol. The molecule has 2 atom stereocenters. The van der Waals surface area contributed by atoms with Crippen molar-refractivity contribution < 1.29 is 24.7 Å². The van der Waals surface area contributed by atoms with Crippen LogP contribution in [0, 0.1) is 5.92 Å². The van der Waals surface area contributed by atoms with Crippen LogP contribution in [0.4, 0.5) is 5.69 Å². The van der Waals surface area contributed by atoms with Crippen molar-refractivity contribution in [2.24, 2.45) is 11.7 Å². The summed E-state index contributed by atoms with van der Waals surface area (Å²) in [4.78, 5) is 25.6. The number of carboxylic acids is 1. The van der Waals surface area contributed by atoms with Gasteiger partial charge in [0.25, 0.3) is 0 Å². The highest BCUT2D eigenvalue weighted by Gasteiger charge is 2.47. The lowest BCUT2D eigenvalue weighted by molar-refractivity contribution is -0.145. The first-order chi connectivity index (χ1) is 11.7. The zero-order valence-electron chi connectivity index (χ0n) is 14.2. The summed E-state index contributed by atoms with van der Waals surface area (Å²) in [5.41, 5.74) is 5.29. The number of carbonyl (C=O) groups is 2. The van der Waals surface area contributed by atoms with Crippen LogP contribution in [-0.4, -0.2) is 46.2 Å². The lowest BCUT2D eigenvalue weighted by Gasteiger charge is -2.31. The minimum Gasteiger partial charge on any atom is -0.480 e. The number of hydrogen-bond acceptors (Lipinski definition) is 5. The third-order valence-corrected chi connectivity index (χ3v) is 4.94. The van der Waals surface area contributed by atoms with Crippen LogP contribution in [0.5, 0.6) is 0 Å². The van der Waals surface area contributed by atoms with E-state index in [9.17, 15) is 14.7 Å². The largest absolute Gasteiger partial charge is 0.480 e. The third kappa shape index (κ3) is 5.34. The highest BCUT2D eigenvalue weighted by Crippen LogP contribution is 2.34. The molecule has 1 aliphatic heterocycles. The number of anilines is 1. The Morgan fingerprint density at radius 2 is 1.92 bits per heavy atom. The molecule has 144 valence electrons. The van der Waals surface area contributed by atoms with Gasteiger partial charge in [0.2, 0.25) is 5.91 Å². The second kappa shape index (κ2) is 9.57. The Morgan fingerprint density at radius 3 is 2.46 bits per heavy atom. The van der Waals surface area contributed by atoms with Crippen molar-refractivity contribution in [1.29, 1.82) is 0 Å². The van der Waals surface area contributed by atoms with Gasteiger partial charge >= 0.3 is 13.1 Å². The first-order valence-corrected chi connectivity index (χ1v) is 8.56. The minimum atomic E-state index is -1.53. The van der Waals surface area contributed by atoms with Gasteiger partial charge in [-0.1, -0.05) is 24.4 Å². The summed E-state index contributed by atoms with van der Waals surface area (Å²) < 4.78 is 0. The molecule has 1 aromatic carbocycles. The van der Waals surface area contributed by atoms with E-state index in [4.69, 9.17) is 27.4 Å². The molecular weight excluding hydrogens is 382 g/mol. The van der Waals surface area contributed by atoms with E-state index in [0.29, 0.717) is 23.6 Å². The van der Waals surface area contributed by atoms with Gasteiger partial charge < -0.3 is 25.8 Å². The number of halogens is 2. The fourth-order valence-corrected chi connectivity index (χ4v) is 3.28. The summed E-state index contributed by atoms with van der Waals surface area (Å²) in [6.07, 6.45) is 1.28. The van der Waals surface area contributed by atoms with Crippen molar-refractivity contribution in [2.75, 3.05) is 11.4 Å². The van der Waals surface area contributed by atoms with Crippen LogP contribution in [-0.2, 0) is 9.59 Å². The Kier molecular flexibility index (Phi) is 8.37. The van der Waals surface area contributed by atoms with Crippen molar-refractivity contribution in [2.45, 2.75) is 37.5 Å². The van der Waals surface area contributed by atoms with Crippen molar-refractivity contribution in [3.8, 4) is 0 Å². The summed E-state index contributed by atoms with van der Waals surface area (Å²) in [6.45, 7) is 0.228. The maximum atomic E-state index is 12.3. The summed E-state index contributed by atoms with van der Waals surface area (Å²) in [7, 11) is -1.41. The molecule has 0 bridgehead atoms. The van der Waals surface area contributed by atoms with E-state index in [1.54, 1.807) is 24.3 Å². The van der Waals surface area contributed by atoms with E-state index >= 15 is 0 Å². The fraction of sp³-hybridized carbons (Fsp3) is 0.500. The van der Waals surface area contributed by atoms with E-state index in [2.05, 4.69) is 0 Å². The van der Waals surface area contributed by atoms with Crippen LogP contribution in [0.25, 0.3) is 0 Å². The lowest BCUT2D eigenvalue weighted by atomic mass is 9.77. The predicted molar refractivity (Wildman–Crippen MR) is 103 cm³/mol. The van der Waals surface area contributed by atoms with E-state index < -0.39 is 24.5 Å². The number of nitrogens with two attached hydrogens (primary N) is 1. The van der Waals surface area contributed by atoms with Gasteiger partial charge in [-0.2, -0.15) is 0 Å². The van der Waals surface area contributed by atoms with Gasteiger partial charge in [-0.05, 0) is 37.0 Å².